The summed E-state index contributed by atoms with van der Waals surface area (Å²) < 4.78 is 10.8. The molecule has 0 aliphatic heterocycles. The van der Waals surface area contributed by atoms with Crippen LogP contribution in [0.15, 0.2) is 78.9 Å². The second-order valence-corrected chi connectivity index (χ2v) is 7.22. The summed E-state index contributed by atoms with van der Waals surface area (Å²) in [5.41, 5.74) is 2.87. The number of rotatable bonds is 12. The van der Waals surface area contributed by atoms with Crippen LogP contribution >= 0.6 is 0 Å². The van der Waals surface area contributed by atoms with Crippen LogP contribution in [-0.4, -0.2) is 38.2 Å². The van der Waals surface area contributed by atoms with Crippen molar-refractivity contribution in [2.45, 2.75) is 13.5 Å². The third-order valence-electron chi connectivity index (χ3n) is 4.71. The average molecular weight is 448 g/mol. The van der Waals surface area contributed by atoms with Gasteiger partial charge in [-0.3, -0.25) is 9.59 Å². The van der Waals surface area contributed by atoms with Gasteiger partial charge in [-0.25, -0.2) is 0 Å². The molecule has 0 aromatic heterocycles. The fourth-order valence-corrected chi connectivity index (χ4v) is 3.04. The number of nitrogens with one attached hydrogen (secondary N) is 3. The topological polar surface area (TPSA) is 88.7 Å². The Morgan fingerprint density at radius 2 is 1.64 bits per heavy atom. The summed E-state index contributed by atoms with van der Waals surface area (Å²) in [5.74, 6) is 0.331. The molecule has 2 amide bonds. The fraction of sp³-hybridized carbons (Fsp3) is 0.231. The van der Waals surface area contributed by atoms with E-state index in [1.165, 1.54) is 0 Å². The molecule has 3 rings (SSSR count). The summed E-state index contributed by atoms with van der Waals surface area (Å²) in [7, 11) is 0. The number of hydrogen-bond donors (Lipinski definition) is 3. The highest BCUT2D eigenvalue weighted by Gasteiger charge is 2.08. The van der Waals surface area contributed by atoms with Crippen LogP contribution in [0.25, 0.3) is 0 Å². The van der Waals surface area contributed by atoms with E-state index in [4.69, 9.17) is 9.47 Å². The van der Waals surface area contributed by atoms with Gasteiger partial charge in [0.15, 0.2) is 0 Å². The Morgan fingerprint density at radius 3 is 2.39 bits per heavy atom. The third kappa shape index (κ3) is 8.31. The van der Waals surface area contributed by atoms with Crippen LogP contribution in [0.3, 0.4) is 0 Å². The first-order chi connectivity index (χ1) is 16.1. The highest BCUT2D eigenvalue weighted by atomic mass is 16.5. The van der Waals surface area contributed by atoms with Gasteiger partial charge in [-0.05, 0) is 55.0 Å². The van der Waals surface area contributed by atoms with Gasteiger partial charge in [-0.2, -0.15) is 0 Å². The van der Waals surface area contributed by atoms with E-state index in [0.29, 0.717) is 37.6 Å². The second-order valence-electron chi connectivity index (χ2n) is 7.22. The van der Waals surface area contributed by atoms with Crippen LogP contribution < -0.4 is 20.7 Å². The normalized spacial score (nSPS) is 10.3. The Bertz CT molecular complexity index is 1020. The van der Waals surface area contributed by atoms with Crippen molar-refractivity contribution >= 4 is 23.2 Å². The molecule has 7 nitrogen and oxygen atoms in total. The van der Waals surface area contributed by atoms with Gasteiger partial charge in [0.1, 0.15) is 12.4 Å². The molecule has 0 atom stereocenters. The average Bonchev–Trinajstić information content (AvgIpc) is 2.85. The SMILES string of the molecule is CCOCCOc1ccc(NCC(=O)Nc2cccc(C(=O)NCc3ccccc3)c2)cc1. The van der Waals surface area contributed by atoms with Crippen LogP contribution in [-0.2, 0) is 16.1 Å². The van der Waals surface area contributed by atoms with E-state index in [9.17, 15) is 9.59 Å². The van der Waals surface area contributed by atoms with Crippen LogP contribution in [0.1, 0.15) is 22.8 Å². The molecule has 0 radical (unpaired) electrons. The van der Waals surface area contributed by atoms with Crippen LogP contribution in [0.2, 0.25) is 0 Å². The van der Waals surface area contributed by atoms with Crippen LogP contribution in [0, 0.1) is 0 Å². The van der Waals surface area contributed by atoms with E-state index < -0.39 is 0 Å². The highest BCUT2D eigenvalue weighted by Crippen LogP contribution is 2.16. The van der Waals surface area contributed by atoms with Gasteiger partial charge in [0, 0.05) is 30.1 Å². The molecule has 0 aliphatic rings. The predicted octanol–water partition coefficient (Wildman–Crippen LogP) is 4.08. The Kier molecular flexibility index (Phi) is 9.29. The fourth-order valence-electron chi connectivity index (χ4n) is 3.04. The molecule has 0 heterocycles. The summed E-state index contributed by atoms with van der Waals surface area (Å²) in [5, 5.41) is 8.77. The van der Waals surface area contributed by atoms with E-state index in [-0.39, 0.29) is 18.4 Å². The minimum absolute atomic E-state index is 0.0922. The Labute approximate surface area is 194 Å². The van der Waals surface area contributed by atoms with Crippen molar-refractivity contribution in [3.63, 3.8) is 0 Å². The Hall–Kier alpha value is -3.84. The molecule has 0 fully saturated rings. The number of carbonyl (C=O) groups is 2. The zero-order chi connectivity index (χ0) is 23.3. The number of anilines is 2. The molecular weight excluding hydrogens is 418 g/mol. The van der Waals surface area contributed by atoms with Crippen molar-refractivity contribution in [2.24, 2.45) is 0 Å². The lowest BCUT2D eigenvalue weighted by molar-refractivity contribution is -0.114. The molecule has 0 saturated heterocycles. The van der Waals surface area contributed by atoms with E-state index >= 15 is 0 Å². The largest absolute Gasteiger partial charge is 0.491 e. The lowest BCUT2D eigenvalue weighted by Gasteiger charge is -2.11. The molecule has 0 unspecified atom stereocenters. The van der Waals surface area contributed by atoms with Crippen molar-refractivity contribution in [1.29, 1.82) is 0 Å². The van der Waals surface area contributed by atoms with Gasteiger partial charge < -0.3 is 25.4 Å². The van der Waals surface area contributed by atoms with Crippen LogP contribution in [0.5, 0.6) is 5.75 Å². The summed E-state index contributed by atoms with van der Waals surface area (Å²) in [4.78, 5) is 24.8. The maximum absolute atomic E-state index is 12.4. The monoisotopic (exact) mass is 447 g/mol. The van der Waals surface area contributed by atoms with Crippen LogP contribution in [0.4, 0.5) is 11.4 Å². The van der Waals surface area contributed by atoms with Gasteiger partial charge in [0.25, 0.3) is 5.91 Å². The number of hydrogen-bond acceptors (Lipinski definition) is 5. The molecule has 0 saturated carbocycles. The van der Waals surface area contributed by atoms with Crippen molar-refractivity contribution in [1.82, 2.24) is 5.32 Å². The quantitative estimate of drug-likeness (QED) is 0.364. The molecule has 0 aliphatic carbocycles. The summed E-state index contributed by atoms with van der Waals surface area (Å²) >= 11 is 0. The zero-order valence-electron chi connectivity index (χ0n) is 18.7. The second kappa shape index (κ2) is 12.9. The first-order valence-electron chi connectivity index (χ1n) is 10.9. The number of benzene rings is 3. The molecule has 7 heteroatoms. The minimum atomic E-state index is -0.214. The van der Waals surface area contributed by atoms with Crippen molar-refractivity contribution < 1.29 is 19.1 Å². The molecule has 3 aromatic rings. The van der Waals surface area contributed by atoms with Gasteiger partial charge in [0.2, 0.25) is 5.91 Å². The first-order valence-corrected chi connectivity index (χ1v) is 10.9. The lowest BCUT2D eigenvalue weighted by Crippen LogP contribution is -2.24. The Morgan fingerprint density at radius 1 is 0.848 bits per heavy atom. The smallest absolute Gasteiger partial charge is 0.251 e. The summed E-state index contributed by atoms with van der Waals surface area (Å²) in [6, 6.07) is 23.9. The van der Waals surface area contributed by atoms with E-state index in [0.717, 1.165) is 17.0 Å². The Balaban J connectivity index is 1.44. The number of ether oxygens (including phenoxy) is 2. The molecule has 3 N–H and O–H groups in total. The lowest BCUT2D eigenvalue weighted by atomic mass is 10.1. The maximum atomic E-state index is 12.4. The van der Waals surface area contributed by atoms with Gasteiger partial charge >= 0.3 is 0 Å². The molecule has 0 bridgehead atoms. The number of carbonyl (C=O) groups excluding carboxylic acids is 2. The van der Waals surface area contributed by atoms with Crippen molar-refractivity contribution in [3.8, 4) is 5.75 Å². The van der Waals surface area contributed by atoms with E-state index in [1.54, 1.807) is 24.3 Å². The standard InChI is InChI=1S/C26H29N3O4/c1-2-32-15-16-33-24-13-11-22(12-14-24)27-19-25(30)29-23-10-6-9-21(17-23)26(31)28-18-20-7-4-3-5-8-20/h3-14,17,27H,2,15-16,18-19H2,1H3,(H,28,31)(H,29,30). The van der Waals surface area contributed by atoms with E-state index in [2.05, 4.69) is 16.0 Å². The third-order valence-corrected chi connectivity index (χ3v) is 4.71. The number of amides is 2. The van der Waals surface area contributed by atoms with Gasteiger partial charge in [0.05, 0.1) is 13.2 Å². The summed E-state index contributed by atoms with van der Waals surface area (Å²) in [6.07, 6.45) is 0. The molecule has 0 spiro atoms. The highest BCUT2D eigenvalue weighted by molar-refractivity contribution is 5.98. The maximum Gasteiger partial charge on any atom is 0.251 e. The predicted molar refractivity (Wildman–Crippen MR) is 130 cm³/mol. The first kappa shape index (κ1) is 23.8. The molecular formula is C26H29N3O4. The molecule has 3 aromatic carbocycles. The van der Waals surface area contributed by atoms with E-state index in [1.807, 2.05) is 61.5 Å². The molecule has 172 valence electrons. The summed E-state index contributed by atoms with van der Waals surface area (Å²) in [6.45, 7) is 4.18. The van der Waals surface area contributed by atoms with Gasteiger partial charge in [-0.15, -0.1) is 0 Å². The minimum Gasteiger partial charge on any atom is -0.491 e. The van der Waals surface area contributed by atoms with Crippen molar-refractivity contribution in [3.05, 3.63) is 90.0 Å². The zero-order valence-corrected chi connectivity index (χ0v) is 18.7. The molecule has 33 heavy (non-hydrogen) atoms. The van der Waals surface area contributed by atoms with Gasteiger partial charge in [-0.1, -0.05) is 36.4 Å². The van der Waals surface area contributed by atoms with Crippen molar-refractivity contribution in [2.75, 3.05) is 37.0 Å².